The van der Waals surface area contributed by atoms with E-state index >= 15 is 0 Å². The van der Waals surface area contributed by atoms with Gasteiger partial charge < -0.3 is 14.6 Å². The molecule has 154 valence electrons. The number of nitrogens with zero attached hydrogens (tertiary/aromatic N) is 2. The maximum Gasteiger partial charge on any atom is 0.387 e. The molecule has 0 unspecified atom stereocenters. The lowest BCUT2D eigenvalue weighted by molar-refractivity contribution is -0.0515. The number of rotatable bonds is 10. The summed E-state index contributed by atoms with van der Waals surface area (Å²) in [7, 11) is 0. The van der Waals surface area contributed by atoms with Gasteiger partial charge in [-0.05, 0) is 24.6 Å². The number of hydrogen-bond donors (Lipinski definition) is 1. The van der Waals surface area contributed by atoms with Crippen molar-refractivity contribution in [3.05, 3.63) is 46.7 Å². The zero-order chi connectivity index (χ0) is 20.8. The monoisotopic (exact) mass is 422 g/mol. The second kappa shape index (κ2) is 9.51. The zero-order valence-electron chi connectivity index (χ0n) is 15.7. The van der Waals surface area contributed by atoms with Crippen LogP contribution in [0.4, 0.5) is 8.78 Å². The number of halogens is 2. The summed E-state index contributed by atoms with van der Waals surface area (Å²) in [6, 6.07) is 4.66. The van der Waals surface area contributed by atoms with Gasteiger partial charge in [0.25, 0.3) is 0 Å². The Labute approximate surface area is 170 Å². The predicted molar refractivity (Wildman–Crippen MR) is 107 cm³/mol. The summed E-state index contributed by atoms with van der Waals surface area (Å²) < 4.78 is 37.4. The second-order valence-electron chi connectivity index (χ2n) is 6.15. The van der Waals surface area contributed by atoms with Crippen LogP contribution >= 0.6 is 11.3 Å². The number of aromatic carboxylic acids is 1. The minimum absolute atomic E-state index is 0.0305. The largest absolute Gasteiger partial charge is 0.489 e. The molecule has 1 aromatic carbocycles. The van der Waals surface area contributed by atoms with Crippen LogP contribution < -0.4 is 9.47 Å². The summed E-state index contributed by atoms with van der Waals surface area (Å²) in [5.41, 5.74) is 0.789. The number of benzene rings is 1. The van der Waals surface area contributed by atoms with Crippen LogP contribution in [0.5, 0.6) is 11.5 Å². The molecule has 0 radical (unpaired) electrons. The van der Waals surface area contributed by atoms with Crippen molar-refractivity contribution in [3.8, 4) is 11.5 Å². The smallest absolute Gasteiger partial charge is 0.387 e. The maximum absolute atomic E-state index is 12.8. The third-order valence-corrected chi connectivity index (χ3v) is 4.89. The highest BCUT2D eigenvalue weighted by Gasteiger charge is 2.18. The fourth-order valence-corrected chi connectivity index (χ4v) is 3.55. The first-order valence-electron chi connectivity index (χ1n) is 9.08. The van der Waals surface area contributed by atoms with Gasteiger partial charge in [-0.25, -0.2) is 9.78 Å². The minimum Gasteiger partial charge on any atom is -0.489 e. The Morgan fingerprint density at radius 1 is 1.34 bits per heavy atom. The van der Waals surface area contributed by atoms with E-state index < -0.39 is 12.6 Å². The molecule has 3 aromatic rings. The average Bonchev–Trinajstić information content (AvgIpc) is 3.24. The molecule has 0 aliphatic rings. The lowest BCUT2D eigenvalue weighted by Crippen LogP contribution is -2.06. The van der Waals surface area contributed by atoms with Crippen molar-refractivity contribution >= 4 is 34.4 Å². The third kappa shape index (κ3) is 4.92. The van der Waals surface area contributed by atoms with Gasteiger partial charge in [-0.15, -0.1) is 11.3 Å². The van der Waals surface area contributed by atoms with Gasteiger partial charge in [0.1, 0.15) is 0 Å². The van der Waals surface area contributed by atoms with Crippen molar-refractivity contribution in [2.45, 2.75) is 32.8 Å². The number of alkyl halides is 2. The first-order valence-corrected chi connectivity index (χ1v) is 9.96. The molecule has 0 aliphatic carbocycles. The first kappa shape index (κ1) is 20.8. The van der Waals surface area contributed by atoms with Crippen LogP contribution in [0.15, 0.2) is 29.8 Å². The summed E-state index contributed by atoms with van der Waals surface area (Å²) in [6.45, 7) is -0.567. The molecule has 0 spiro atoms. The fraction of sp³-hybridized carbons (Fsp3) is 0.300. The van der Waals surface area contributed by atoms with Gasteiger partial charge in [0, 0.05) is 17.1 Å². The van der Waals surface area contributed by atoms with E-state index in [1.807, 2.05) is 0 Å². The van der Waals surface area contributed by atoms with E-state index in [-0.39, 0.29) is 22.9 Å². The number of carbonyl (C=O) groups is 1. The number of unbranched alkanes of at least 4 members (excludes halogenated alkanes) is 2. The second-order valence-corrected chi connectivity index (χ2v) is 7.02. The van der Waals surface area contributed by atoms with Gasteiger partial charge in [-0.3, -0.25) is 4.40 Å². The molecule has 0 amide bonds. The third-order valence-electron chi connectivity index (χ3n) is 4.13. The first-order chi connectivity index (χ1) is 14.0. The number of thiazole rings is 1. The van der Waals surface area contributed by atoms with Crippen LogP contribution in [0.1, 0.15) is 47.9 Å². The fourth-order valence-electron chi connectivity index (χ4n) is 2.83. The van der Waals surface area contributed by atoms with E-state index in [1.165, 1.54) is 27.9 Å². The predicted octanol–water partition coefficient (Wildman–Crippen LogP) is 5.43. The number of para-hydroxylation sites is 1. The Hall–Kier alpha value is -2.94. The number of imidazole rings is 1. The van der Waals surface area contributed by atoms with E-state index in [9.17, 15) is 18.7 Å². The lowest BCUT2D eigenvalue weighted by atomic mass is 10.1. The molecular formula is C20H20F2N2O4S. The molecule has 0 atom stereocenters. The molecule has 1 N–H and O–H groups in total. The van der Waals surface area contributed by atoms with Gasteiger partial charge in [0.15, 0.2) is 22.2 Å². The Balaban J connectivity index is 1.94. The number of fused-ring (bicyclic) bond motifs is 1. The Bertz CT molecular complexity index is 1010. The van der Waals surface area contributed by atoms with Crippen molar-refractivity contribution in [2.24, 2.45) is 0 Å². The van der Waals surface area contributed by atoms with Crippen LogP contribution in [0.2, 0.25) is 0 Å². The molecule has 0 fully saturated rings. The van der Waals surface area contributed by atoms with Crippen molar-refractivity contribution in [2.75, 3.05) is 6.61 Å². The van der Waals surface area contributed by atoms with Gasteiger partial charge in [-0.2, -0.15) is 8.78 Å². The van der Waals surface area contributed by atoms with E-state index in [0.717, 1.165) is 19.3 Å². The molecule has 2 heterocycles. The van der Waals surface area contributed by atoms with Crippen molar-refractivity contribution in [1.82, 2.24) is 9.38 Å². The number of aromatic nitrogens is 2. The van der Waals surface area contributed by atoms with E-state index in [2.05, 4.69) is 16.6 Å². The normalized spacial score (nSPS) is 11.6. The van der Waals surface area contributed by atoms with Crippen LogP contribution in [-0.2, 0) is 0 Å². The number of carboxylic acid groups (broad SMARTS) is 1. The zero-order valence-corrected chi connectivity index (χ0v) is 16.5. The van der Waals surface area contributed by atoms with Gasteiger partial charge in [0.05, 0.1) is 12.3 Å². The van der Waals surface area contributed by atoms with Crippen LogP contribution in [0.3, 0.4) is 0 Å². The highest BCUT2D eigenvalue weighted by molar-refractivity contribution is 7.15. The molecule has 0 saturated carbocycles. The molecule has 29 heavy (non-hydrogen) atoms. The quantitative estimate of drug-likeness (QED) is 0.441. The molecular weight excluding hydrogens is 402 g/mol. The number of hydrogen-bond acceptors (Lipinski definition) is 5. The molecule has 3 rings (SSSR count). The summed E-state index contributed by atoms with van der Waals surface area (Å²) in [4.78, 5) is 16.5. The van der Waals surface area contributed by atoms with E-state index in [0.29, 0.717) is 17.1 Å². The highest BCUT2D eigenvalue weighted by atomic mass is 32.1. The van der Waals surface area contributed by atoms with Crippen LogP contribution in [0.25, 0.3) is 17.1 Å². The number of carboxylic acids is 1. The Morgan fingerprint density at radius 2 is 2.17 bits per heavy atom. The van der Waals surface area contributed by atoms with Crippen LogP contribution in [0, 0.1) is 0 Å². The van der Waals surface area contributed by atoms with Gasteiger partial charge in [-0.1, -0.05) is 31.9 Å². The van der Waals surface area contributed by atoms with Crippen molar-refractivity contribution in [1.29, 1.82) is 0 Å². The maximum atomic E-state index is 12.8. The Kier molecular flexibility index (Phi) is 6.82. The molecule has 0 aliphatic heterocycles. The summed E-state index contributed by atoms with van der Waals surface area (Å²) >= 11 is 1.32. The molecule has 9 heteroatoms. The molecule has 0 bridgehead atoms. The number of ether oxygens (including phenoxy) is 2. The SMILES string of the molecule is CCCCCOc1c(/C=C/c2nc3sccn3c2C(=O)O)cccc1OC(F)F. The topological polar surface area (TPSA) is 73.1 Å². The van der Waals surface area contributed by atoms with Gasteiger partial charge >= 0.3 is 12.6 Å². The Morgan fingerprint density at radius 3 is 2.90 bits per heavy atom. The standard InChI is InChI=1S/C20H20F2N2O4S/c1-2-3-4-11-27-17-13(6-5-7-15(17)28-19(21)22)8-9-14-16(18(25)26)24-10-12-29-20(24)23-14/h5-10,12,19H,2-4,11H2,1H3,(H,25,26)/b9-8+. The minimum atomic E-state index is -2.98. The summed E-state index contributed by atoms with van der Waals surface area (Å²) in [5, 5.41) is 11.3. The van der Waals surface area contributed by atoms with Crippen molar-refractivity contribution in [3.63, 3.8) is 0 Å². The average molecular weight is 422 g/mol. The van der Waals surface area contributed by atoms with E-state index in [1.54, 1.807) is 29.8 Å². The molecule has 2 aromatic heterocycles. The summed E-state index contributed by atoms with van der Waals surface area (Å²) in [6.07, 6.45) is 7.49. The van der Waals surface area contributed by atoms with Gasteiger partial charge in [0.2, 0.25) is 0 Å². The summed E-state index contributed by atoms with van der Waals surface area (Å²) in [5.74, 6) is -0.984. The van der Waals surface area contributed by atoms with E-state index in [4.69, 9.17) is 4.74 Å². The van der Waals surface area contributed by atoms with Crippen molar-refractivity contribution < 1.29 is 28.2 Å². The lowest BCUT2D eigenvalue weighted by Gasteiger charge is -2.14. The molecule has 6 nitrogen and oxygen atoms in total. The molecule has 0 saturated heterocycles. The highest BCUT2D eigenvalue weighted by Crippen LogP contribution is 2.34. The van der Waals surface area contributed by atoms with Crippen LogP contribution in [-0.4, -0.2) is 33.7 Å².